The summed E-state index contributed by atoms with van der Waals surface area (Å²) in [5.74, 6) is -0.0606. The molecule has 0 fully saturated rings. The van der Waals surface area contributed by atoms with Crippen LogP contribution in [0.25, 0.3) is 0 Å². The molecule has 0 saturated carbocycles. The maximum absolute atomic E-state index is 12.2. The maximum Gasteiger partial charge on any atom is 0.276 e. The van der Waals surface area contributed by atoms with Crippen LogP contribution in [0.4, 0.5) is 5.82 Å². The Labute approximate surface area is 145 Å². The Bertz CT molecular complexity index is 798. The number of carbonyl (C=O) groups is 1. The van der Waals surface area contributed by atoms with Crippen molar-refractivity contribution in [1.82, 2.24) is 20.3 Å². The number of halogens is 1. The van der Waals surface area contributed by atoms with E-state index in [1.54, 1.807) is 11.3 Å². The molecule has 2 heterocycles. The number of nitrogens with zero attached hydrogens (tertiary/aromatic N) is 3. The molecule has 3 aromatic rings. The van der Waals surface area contributed by atoms with Gasteiger partial charge in [0.1, 0.15) is 0 Å². The molecular weight excluding hydrogens is 378 g/mol. The van der Waals surface area contributed by atoms with Crippen molar-refractivity contribution in [2.24, 2.45) is 0 Å². The van der Waals surface area contributed by atoms with Crippen LogP contribution in [0.2, 0.25) is 0 Å². The molecule has 118 valence electrons. The van der Waals surface area contributed by atoms with E-state index in [1.165, 1.54) is 4.68 Å². The molecule has 1 aromatic carbocycles. The molecule has 0 spiro atoms. The largest absolute Gasteiger partial charge is 0.382 e. The summed E-state index contributed by atoms with van der Waals surface area (Å²) in [6, 6.07) is 11.7. The van der Waals surface area contributed by atoms with Gasteiger partial charge in [0.05, 0.1) is 13.1 Å². The second-order valence-electron chi connectivity index (χ2n) is 4.87. The second kappa shape index (κ2) is 6.93. The predicted octanol–water partition coefficient (Wildman–Crippen LogP) is 2.66. The van der Waals surface area contributed by atoms with E-state index < -0.39 is 0 Å². The Balaban J connectivity index is 1.68. The van der Waals surface area contributed by atoms with E-state index in [0.717, 1.165) is 14.9 Å². The van der Waals surface area contributed by atoms with Gasteiger partial charge >= 0.3 is 0 Å². The first kappa shape index (κ1) is 15.7. The van der Waals surface area contributed by atoms with Crippen LogP contribution in [0.3, 0.4) is 0 Å². The third-order valence-corrected chi connectivity index (χ3v) is 4.64. The molecule has 0 unspecified atom stereocenters. The van der Waals surface area contributed by atoms with Crippen LogP contribution in [0.5, 0.6) is 0 Å². The third kappa shape index (κ3) is 3.77. The van der Waals surface area contributed by atoms with E-state index in [0.29, 0.717) is 13.1 Å². The average molecular weight is 392 g/mol. The standard InChI is InChI=1S/C15H14BrN5OS/c16-11-5-3-10(4-6-11)9-21-14(17)13(19-20-21)15(22)18-8-12-2-1-7-23-12/h1-7H,8-9,17H2,(H,18,22). The zero-order valence-electron chi connectivity index (χ0n) is 12.1. The number of carbonyl (C=O) groups excluding carboxylic acids is 1. The molecule has 8 heteroatoms. The number of amides is 1. The van der Waals surface area contributed by atoms with Crippen LogP contribution in [-0.4, -0.2) is 20.9 Å². The summed E-state index contributed by atoms with van der Waals surface area (Å²) in [5.41, 5.74) is 7.18. The number of aromatic nitrogens is 3. The van der Waals surface area contributed by atoms with E-state index in [4.69, 9.17) is 5.73 Å². The first-order chi connectivity index (χ1) is 11.1. The van der Waals surface area contributed by atoms with Crippen LogP contribution < -0.4 is 11.1 Å². The molecule has 6 nitrogen and oxygen atoms in total. The molecule has 0 radical (unpaired) electrons. The smallest absolute Gasteiger partial charge is 0.276 e. The minimum absolute atomic E-state index is 0.152. The van der Waals surface area contributed by atoms with E-state index in [2.05, 4.69) is 31.6 Å². The van der Waals surface area contributed by atoms with E-state index in [-0.39, 0.29) is 17.4 Å². The van der Waals surface area contributed by atoms with Crippen LogP contribution in [0, 0.1) is 0 Å². The molecule has 1 amide bonds. The molecule has 0 aliphatic carbocycles. The fourth-order valence-electron chi connectivity index (χ4n) is 2.03. The fourth-order valence-corrected chi connectivity index (χ4v) is 2.93. The monoisotopic (exact) mass is 391 g/mol. The number of anilines is 1. The van der Waals surface area contributed by atoms with Gasteiger partial charge in [-0.2, -0.15) is 0 Å². The average Bonchev–Trinajstić information content (AvgIpc) is 3.18. The van der Waals surface area contributed by atoms with Crippen LogP contribution in [-0.2, 0) is 13.1 Å². The summed E-state index contributed by atoms with van der Waals surface area (Å²) < 4.78 is 2.52. The molecule has 2 aromatic heterocycles. The van der Waals surface area contributed by atoms with Gasteiger partial charge in [0, 0.05) is 9.35 Å². The zero-order chi connectivity index (χ0) is 16.2. The number of benzene rings is 1. The van der Waals surface area contributed by atoms with Crippen LogP contribution >= 0.6 is 27.3 Å². The van der Waals surface area contributed by atoms with Gasteiger partial charge in [-0.15, -0.1) is 16.4 Å². The highest BCUT2D eigenvalue weighted by Gasteiger charge is 2.17. The highest BCUT2D eigenvalue weighted by atomic mass is 79.9. The van der Waals surface area contributed by atoms with Gasteiger partial charge in [0.25, 0.3) is 5.91 Å². The van der Waals surface area contributed by atoms with Crippen molar-refractivity contribution >= 4 is 39.0 Å². The molecule has 0 saturated heterocycles. The van der Waals surface area contributed by atoms with Crippen molar-refractivity contribution in [3.8, 4) is 0 Å². The lowest BCUT2D eigenvalue weighted by atomic mass is 10.2. The number of nitrogens with two attached hydrogens (primary N) is 1. The predicted molar refractivity (Wildman–Crippen MR) is 93.2 cm³/mol. The van der Waals surface area contributed by atoms with Gasteiger partial charge in [-0.05, 0) is 29.1 Å². The zero-order valence-corrected chi connectivity index (χ0v) is 14.5. The Morgan fingerprint density at radius 1 is 1.30 bits per heavy atom. The first-order valence-electron chi connectivity index (χ1n) is 6.87. The lowest BCUT2D eigenvalue weighted by Crippen LogP contribution is -2.24. The van der Waals surface area contributed by atoms with Gasteiger partial charge in [0.2, 0.25) is 0 Å². The minimum Gasteiger partial charge on any atom is -0.382 e. The summed E-state index contributed by atoms with van der Waals surface area (Å²) >= 11 is 4.97. The summed E-state index contributed by atoms with van der Waals surface area (Å²) in [5, 5.41) is 12.6. The molecular formula is C15H14BrN5OS. The Kier molecular flexibility index (Phi) is 4.73. The van der Waals surface area contributed by atoms with Gasteiger partial charge in [-0.3, -0.25) is 4.79 Å². The Hall–Kier alpha value is -2.19. The number of rotatable bonds is 5. The number of hydrogen-bond acceptors (Lipinski definition) is 5. The normalized spacial score (nSPS) is 10.7. The highest BCUT2D eigenvalue weighted by Crippen LogP contribution is 2.14. The van der Waals surface area contributed by atoms with Gasteiger partial charge in [0.15, 0.2) is 11.5 Å². The Morgan fingerprint density at radius 3 is 2.78 bits per heavy atom. The molecule has 3 rings (SSSR count). The molecule has 23 heavy (non-hydrogen) atoms. The topological polar surface area (TPSA) is 85.8 Å². The number of hydrogen-bond donors (Lipinski definition) is 2. The minimum atomic E-state index is -0.321. The molecule has 0 bridgehead atoms. The van der Waals surface area contributed by atoms with Crippen LogP contribution in [0.1, 0.15) is 20.9 Å². The molecule has 0 atom stereocenters. The molecule has 3 N–H and O–H groups in total. The van der Waals surface area contributed by atoms with Crippen molar-refractivity contribution in [2.75, 3.05) is 5.73 Å². The van der Waals surface area contributed by atoms with Crippen molar-refractivity contribution in [1.29, 1.82) is 0 Å². The van der Waals surface area contributed by atoms with Gasteiger partial charge in [-0.1, -0.05) is 39.3 Å². The highest BCUT2D eigenvalue weighted by molar-refractivity contribution is 9.10. The van der Waals surface area contributed by atoms with Crippen LogP contribution in [0.15, 0.2) is 46.3 Å². The van der Waals surface area contributed by atoms with Crippen molar-refractivity contribution in [3.05, 3.63) is 62.4 Å². The van der Waals surface area contributed by atoms with E-state index in [9.17, 15) is 4.79 Å². The van der Waals surface area contributed by atoms with Gasteiger partial charge < -0.3 is 11.1 Å². The summed E-state index contributed by atoms with van der Waals surface area (Å²) in [6.45, 7) is 0.916. The Morgan fingerprint density at radius 2 is 2.09 bits per heavy atom. The first-order valence-corrected chi connectivity index (χ1v) is 8.55. The number of thiophene rings is 1. The van der Waals surface area contributed by atoms with E-state index >= 15 is 0 Å². The van der Waals surface area contributed by atoms with Crippen molar-refractivity contribution in [3.63, 3.8) is 0 Å². The third-order valence-electron chi connectivity index (χ3n) is 3.24. The summed E-state index contributed by atoms with van der Waals surface area (Å²) in [7, 11) is 0. The van der Waals surface area contributed by atoms with Crippen molar-refractivity contribution < 1.29 is 4.79 Å². The molecule has 0 aliphatic heterocycles. The second-order valence-corrected chi connectivity index (χ2v) is 6.82. The fraction of sp³-hybridized carbons (Fsp3) is 0.133. The lowest BCUT2D eigenvalue weighted by molar-refractivity contribution is 0.0947. The van der Waals surface area contributed by atoms with E-state index in [1.807, 2.05) is 41.8 Å². The lowest BCUT2D eigenvalue weighted by Gasteiger charge is -2.05. The van der Waals surface area contributed by atoms with Gasteiger partial charge in [-0.25, -0.2) is 4.68 Å². The molecule has 0 aliphatic rings. The maximum atomic E-state index is 12.2. The summed E-state index contributed by atoms with van der Waals surface area (Å²) in [4.78, 5) is 13.2. The SMILES string of the molecule is Nc1c(C(=O)NCc2cccs2)nnn1Cc1ccc(Br)cc1. The number of nitrogen functional groups attached to an aromatic ring is 1. The van der Waals surface area contributed by atoms with Crippen molar-refractivity contribution in [2.45, 2.75) is 13.1 Å². The number of nitrogens with one attached hydrogen (secondary N) is 1. The quantitative estimate of drug-likeness (QED) is 0.699. The summed E-state index contributed by atoms with van der Waals surface area (Å²) in [6.07, 6.45) is 0.